The van der Waals surface area contributed by atoms with Crippen molar-refractivity contribution >= 4 is 68.5 Å². The third-order valence-electron chi connectivity index (χ3n) is 5.23. The van der Waals surface area contributed by atoms with Gasteiger partial charge in [0.25, 0.3) is 5.91 Å². The van der Waals surface area contributed by atoms with Gasteiger partial charge in [-0.25, -0.2) is 4.39 Å². The highest BCUT2D eigenvalue weighted by Gasteiger charge is 2.33. The van der Waals surface area contributed by atoms with Gasteiger partial charge in [0.2, 0.25) is 0 Å². The molecule has 0 radical (unpaired) electrons. The van der Waals surface area contributed by atoms with E-state index in [4.69, 9.17) is 23.8 Å². The van der Waals surface area contributed by atoms with E-state index in [0.717, 1.165) is 22.0 Å². The monoisotopic (exact) mass is 478 g/mol. The van der Waals surface area contributed by atoms with E-state index in [2.05, 4.69) is 4.57 Å². The molecule has 3 nitrogen and oxygen atoms in total. The van der Waals surface area contributed by atoms with Crippen molar-refractivity contribution in [3.8, 4) is 0 Å². The number of hydrogen-bond acceptors (Lipinski definition) is 3. The van der Waals surface area contributed by atoms with Gasteiger partial charge in [0.15, 0.2) is 4.32 Å². The van der Waals surface area contributed by atoms with Gasteiger partial charge < -0.3 is 4.57 Å². The fourth-order valence-electron chi connectivity index (χ4n) is 3.75. The van der Waals surface area contributed by atoms with Crippen molar-refractivity contribution in [2.75, 3.05) is 4.90 Å². The van der Waals surface area contributed by atoms with E-state index in [1.807, 2.05) is 42.6 Å². The molecule has 0 atom stereocenters. The Balaban J connectivity index is 1.52. The molecule has 5 rings (SSSR count). The fraction of sp³-hybridized carbons (Fsp3) is 0.0400. The summed E-state index contributed by atoms with van der Waals surface area (Å²) < 4.78 is 15.9. The maximum atomic E-state index is 13.3. The van der Waals surface area contributed by atoms with Crippen LogP contribution in [0.3, 0.4) is 0 Å². The van der Waals surface area contributed by atoms with Crippen molar-refractivity contribution in [3.05, 3.63) is 106 Å². The molecule has 1 amide bonds. The second kappa shape index (κ2) is 8.54. The number of rotatable bonds is 4. The molecule has 1 fully saturated rings. The molecule has 4 aromatic rings. The van der Waals surface area contributed by atoms with E-state index in [1.54, 1.807) is 30.3 Å². The van der Waals surface area contributed by atoms with Crippen LogP contribution in [0.25, 0.3) is 17.0 Å². The van der Waals surface area contributed by atoms with Crippen LogP contribution >= 0.6 is 35.6 Å². The SMILES string of the molecule is O=C1/C(=C\c2cn(Cc3ccc(F)cc3)c3ccccc23)SC(=S)N1c1cccc(Cl)c1. The van der Waals surface area contributed by atoms with E-state index >= 15 is 0 Å². The number of thioether (sulfide) groups is 1. The van der Waals surface area contributed by atoms with Crippen LogP contribution in [0.15, 0.2) is 83.9 Å². The molecule has 158 valence electrons. The second-order valence-electron chi connectivity index (χ2n) is 7.35. The van der Waals surface area contributed by atoms with Crippen molar-refractivity contribution < 1.29 is 9.18 Å². The Bertz CT molecular complexity index is 1390. The van der Waals surface area contributed by atoms with Crippen LogP contribution < -0.4 is 4.90 Å². The smallest absolute Gasteiger partial charge is 0.270 e. The normalized spacial score (nSPS) is 15.3. The van der Waals surface area contributed by atoms with Crippen molar-refractivity contribution in [2.45, 2.75) is 6.54 Å². The molecule has 1 aromatic heterocycles. The molecule has 1 aliphatic heterocycles. The maximum Gasteiger partial charge on any atom is 0.270 e. The summed E-state index contributed by atoms with van der Waals surface area (Å²) >= 11 is 12.9. The van der Waals surface area contributed by atoms with Crippen molar-refractivity contribution in [2.24, 2.45) is 0 Å². The van der Waals surface area contributed by atoms with Gasteiger partial charge in [-0.15, -0.1) is 0 Å². The minimum absolute atomic E-state index is 0.169. The Morgan fingerprint density at radius 2 is 1.81 bits per heavy atom. The lowest BCUT2D eigenvalue weighted by atomic mass is 10.1. The third kappa shape index (κ3) is 3.97. The van der Waals surface area contributed by atoms with Gasteiger partial charge in [-0.05, 0) is 48.0 Å². The molecule has 0 N–H and O–H groups in total. The highest BCUT2D eigenvalue weighted by atomic mass is 35.5. The van der Waals surface area contributed by atoms with E-state index in [9.17, 15) is 9.18 Å². The largest absolute Gasteiger partial charge is 0.342 e. The number of anilines is 1. The first kappa shape index (κ1) is 20.9. The zero-order chi connectivity index (χ0) is 22.2. The molecule has 3 aromatic carbocycles. The van der Waals surface area contributed by atoms with Crippen LogP contribution in [0.4, 0.5) is 10.1 Å². The predicted octanol–water partition coefficient (Wildman–Crippen LogP) is 6.89. The van der Waals surface area contributed by atoms with E-state index in [-0.39, 0.29) is 11.7 Å². The number of benzene rings is 3. The summed E-state index contributed by atoms with van der Waals surface area (Å²) in [6, 6.07) is 21.6. The topological polar surface area (TPSA) is 25.2 Å². The van der Waals surface area contributed by atoms with Crippen LogP contribution in [-0.4, -0.2) is 14.8 Å². The Morgan fingerprint density at radius 1 is 1.03 bits per heavy atom. The molecule has 0 unspecified atom stereocenters. The quantitative estimate of drug-likeness (QED) is 0.236. The van der Waals surface area contributed by atoms with E-state index in [1.165, 1.54) is 28.8 Å². The summed E-state index contributed by atoms with van der Waals surface area (Å²) in [6.07, 6.45) is 3.90. The maximum absolute atomic E-state index is 13.3. The van der Waals surface area contributed by atoms with Gasteiger partial charge in [-0.3, -0.25) is 9.69 Å². The number of nitrogens with zero attached hydrogens (tertiary/aromatic N) is 2. The number of hydrogen-bond donors (Lipinski definition) is 0. The molecule has 0 saturated carbocycles. The molecule has 0 spiro atoms. The highest BCUT2D eigenvalue weighted by Crippen LogP contribution is 2.37. The van der Waals surface area contributed by atoms with Crippen molar-refractivity contribution in [1.29, 1.82) is 0 Å². The number of para-hydroxylation sites is 1. The number of fused-ring (bicyclic) bond motifs is 1. The minimum atomic E-state index is -0.256. The molecule has 0 aliphatic carbocycles. The third-order valence-corrected chi connectivity index (χ3v) is 6.77. The summed E-state index contributed by atoms with van der Waals surface area (Å²) in [4.78, 5) is 15.2. The molecular weight excluding hydrogens is 463 g/mol. The molecular formula is C25H16ClFN2OS2. The number of amides is 1. The summed E-state index contributed by atoms with van der Waals surface area (Å²) in [5.74, 6) is -0.425. The first-order valence-electron chi connectivity index (χ1n) is 9.85. The average Bonchev–Trinajstić information content (AvgIpc) is 3.26. The van der Waals surface area contributed by atoms with Crippen LogP contribution in [0.5, 0.6) is 0 Å². The van der Waals surface area contributed by atoms with Crippen LogP contribution in [-0.2, 0) is 11.3 Å². The average molecular weight is 479 g/mol. The number of carbonyl (C=O) groups is 1. The number of halogens is 2. The predicted molar refractivity (Wildman–Crippen MR) is 135 cm³/mol. The molecule has 7 heteroatoms. The second-order valence-corrected chi connectivity index (χ2v) is 9.47. The van der Waals surface area contributed by atoms with Gasteiger partial charge in [-0.1, -0.05) is 72.0 Å². The molecule has 32 heavy (non-hydrogen) atoms. The Labute approximate surface area is 199 Å². The summed E-state index contributed by atoms with van der Waals surface area (Å²) in [5, 5.41) is 1.58. The summed E-state index contributed by atoms with van der Waals surface area (Å²) in [7, 11) is 0. The van der Waals surface area contributed by atoms with Gasteiger partial charge in [0.05, 0.1) is 10.6 Å². The minimum Gasteiger partial charge on any atom is -0.342 e. The van der Waals surface area contributed by atoms with Crippen molar-refractivity contribution in [3.63, 3.8) is 0 Å². The molecule has 2 heterocycles. The lowest BCUT2D eigenvalue weighted by molar-refractivity contribution is -0.113. The lowest BCUT2D eigenvalue weighted by Crippen LogP contribution is -2.27. The highest BCUT2D eigenvalue weighted by molar-refractivity contribution is 8.27. The Morgan fingerprint density at radius 3 is 2.59 bits per heavy atom. The lowest BCUT2D eigenvalue weighted by Gasteiger charge is -2.14. The molecule has 1 saturated heterocycles. The number of carbonyl (C=O) groups excluding carboxylic acids is 1. The van der Waals surface area contributed by atoms with Gasteiger partial charge in [-0.2, -0.15) is 0 Å². The van der Waals surface area contributed by atoms with Gasteiger partial charge >= 0.3 is 0 Å². The number of thiocarbonyl (C=S) groups is 1. The number of aromatic nitrogens is 1. The summed E-state index contributed by atoms with van der Waals surface area (Å²) in [6.45, 7) is 0.595. The van der Waals surface area contributed by atoms with Crippen LogP contribution in [0, 0.1) is 5.82 Å². The van der Waals surface area contributed by atoms with Crippen LogP contribution in [0.2, 0.25) is 5.02 Å². The fourth-order valence-corrected chi connectivity index (χ4v) is 5.23. The molecule has 1 aliphatic rings. The van der Waals surface area contributed by atoms with Crippen molar-refractivity contribution in [1.82, 2.24) is 4.57 Å². The van der Waals surface area contributed by atoms with Crippen LogP contribution in [0.1, 0.15) is 11.1 Å². The zero-order valence-electron chi connectivity index (χ0n) is 16.7. The first-order chi connectivity index (χ1) is 15.5. The van der Waals surface area contributed by atoms with Gasteiger partial charge in [0.1, 0.15) is 5.82 Å². The Kier molecular flexibility index (Phi) is 5.59. The van der Waals surface area contributed by atoms with E-state index < -0.39 is 0 Å². The van der Waals surface area contributed by atoms with Gasteiger partial charge in [0, 0.05) is 34.2 Å². The Hall–Kier alpha value is -2.93. The van der Waals surface area contributed by atoms with E-state index in [0.29, 0.717) is 26.5 Å². The first-order valence-corrected chi connectivity index (χ1v) is 11.5. The zero-order valence-corrected chi connectivity index (χ0v) is 19.1. The standard InChI is InChI=1S/C25H16ClFN2OS2/c26-18-4-3-5-20(13-18)29-24(30)23(32-25(29)31)12-17-15-28(22-7-2-1-6-21(17)22)14-16-8-10-19(27)11-9-16/h1-13,15H,14H2/b23-12+. The summed E-state index contributed by atoms with van der Waals surface area (Å²) in [5.41, 5.74) is 3.61. The molecule has 0 bridgehead atoms.